The maximum Gasteiger partial charge on any atom is 0.252 e. The number of alkyl halides is 2. The lowest BCUT2D eigenvalue weighted by molar-refractivity contribution is 0.0869. The molecule has 1 amide bonds. The van der Waals surface area contributed by atoms with E-state index in [1.807, 2.05) is 0 Å². The van der Waals surface area contributed by atoms with Crippen molar-refractivity contribution in [1.29, 1.82) is 0 Å². The molecule has 0 saturated heterocycles. The average molecular weight is 666 g/mol. The Hall–Kier alpha value is -0.710. The highest BCUT2D eigenvalue weighted by Gasteiger charge is 2.19. The minimum Gasteiger partial charge on any atom is -0.394 e. The van der Waals surface area contributed by atoms with Crippen molar-refractivity contribution >= 4 is 77.8 Å². The lowest BCUT2D eigenvalue weighted by atomic mass is 10.1. The van der Waals surface area contributed by atoms with Crippen molar-refractivity contribution in [3.63, 3.8) is 0 Å². The van der Waals surface area contributed by atoms with Crippen molar-refractivity contribution in [2.45, 2.75) is 38.8 Å². The van der Waals surface area contributed by atoms with Gasteiger partial charge < -0.3 is 21.3 Å². The summed E-state index contributed by atoms with van der Waals surface area (Å²) in [5, 5.41) is 19.8. The van der Waals surface area contributed by atoms with Crippen molar-refractivity contribution in [3.05, 3.63) is 68.6 Å². The third kappa shape index (κ3) is 19.6. The van der Waals surface area contributed by atoms with Gasteiger partial charge in [-0.15, -0.1) is 23.2 Å². The van der Waals surface area contributed by atoms with E-state index < -0.39 is 16.3 Å². The molecule has 0 aliphatic rings. The fraction of sp³-hybridized carbons (Fsp3) is 0.391. The number of halogens is 5. The van der Waals surface area contributed by atoms with Gasteiger partial charge >= 0.3 is 0 Å². The molecule has 5 N–H and O–H groups in total. The summed E-state index contributed by atoms with van der Waals surface area (Å²) in [6.45, 7) is 7.04. The Balaban J connectivity index is 0. The van der Waals surface area contributed by atoms with Gasteiger partial charge in [0.1, 0.15) is 0 Å². The molecule has 6 nitrogen and oxygen atoms in total. The molecule has 11 heteroatoms. The molecular weight excluding hydrogens is 634 g/mol. The standard InChI is InChI=1S/C11H14BrNO2.C7H4BrClO.C4H11NO.CH2Cl2/c1-11(2,7-14)13-10(15)8-3-5-9(12)6-4-8;8-6-3-1-5(2-4-6)7(9)10;1-4(2,5)3-6;2-1-3/h3-6,14H,7H2,1-2H3,(H,13,15);1-4H;6H,3,5H2,1-2H3;1H2. The second-order valence-corrected chi connectivity index (χ2v) is 11.0. The van der Waals surface area contributed by atoms with Crippen LogP contribution in [-0.4, -0.2) is 51.0 Å². The average Bonchev–Trinajstić information content (AvgIpc) is 2.75. The van der Waals surface area contributed by atoms with Crippen LogP contribution in [0, 0.1) is 0 Å². The number of nitrogens with one attached hydrogen (secondary N) is 1. The van der Waals surface area contributed by atoms with E-state index in [9.17, 15) is 9.59 Å². The van der Waals surface area contributed by atoms with Crippen LogP contribution in [0.4, 0.5) is 0 Å². The lowest BCUT2D eigenvalue weighted by Crippen LogP contribution is -2.46. The molecule has 0 bridgehead atoms. The summed E-state index contributed by atoms with van der Waals surface area (Å²) in [5.41, 5.74) is 5.39. The Morgan fingerprint density at radius 3 is 1.44 bits per heavy atom. The zero-order valence-corrected chi connectivity index (χ0v) is 24.9. The third-order valence-electron chi connectivity index (χ3n) is 3.43. The number of carbonyl (C=O) groups excluding carboxylic acids is 2. The largest absolute Gasteiger partial charge is 0.394 e. The van der Waals surface area contributed by atoms with Gasteiger partial charge in [-0.3, -0.25) is 9.59 Å². The number of aliphatic hydroxyl groups excluding tert-OH is 2. The van der Waals surface area contributed by atoms with Gasteiger partial charge in [0.05, 0.1) is 24.1 Å². The summed E-state index contributed by atoms with van der Waals surface area (Å²) in [7, 11) is 0. The van der Waals surface area contributed by atoms with Crippen LogP contribution >= 0.6 is 66.7 Å². The van der Waals surface area contributed by atoms with Gasteiger partial charge in [-0.05, 0) is 87.8 Å². The van der Waals surface area contributed by atoms with Gasteiger partial charge in [0.15, 0.2) is 0 Å². The van der Waals surface area contributed by atoms with E-state index in [-0.39, 0.29) is 24.5 Å². The highest BCUT2D eigenvalue weighted by Crippen LogP contribution is 2.12. The molecular formula is C23H31Br2Cl3N2O4. The quantitative estimate of drug-likeness (QED) is 0.234. The first kappa shape index (κ1) is 35.5. The number of amides is 1. The fourth-order valence-corrected chi connectivity index (χ4v) is 2.26. The Bertz CT molecular complexity index is 845. The van der Waals surface area contributed by atoms with Gasteiger partial charge in [0.2, 0.25) is 0 Å². The molecule has 0 fully saturated rings. The number of rotatable bonds is 5. The first-order valence-electron chi connectivity index (χ1n) is 9.78. The molecule has 0 aromatic heterocycles. The van der Waals surface area contributed by atoms with Gasteiger partial charge in [0.25, 0.3) is 11.1 Å². The first-order chi connectivity index (χ1) is 15.6. The predicted molar refractivity (Wildman–Crippen MR) is 149 cm³/mol. The second kappa shape index (κ2) is 18.5. The maximum absolute atomic E-state index is 11.7. The third-order valence-corrected chi connectivity index (χ3v) is 4.71. The van der Waals surface area contributed by atoms with Crippen LogP contribution < -0.4 is 11.1 Å². The van der Waals surface area contributed by atoms with E-state index in [1.165, 1.54) is 0 Å². The number of nitrogens with two attached hydrogens (primary N) is 1. The molecule has 0 unspecified atom stereocenters. The molecule has 0 spiro atoms. The van der Waals surface area contributed by atoms with Crippen molar-refractivity contribution in [1.82, 2.24) is 5.32 Å². The topological polar surface area (TPSA) is 113 Å². The van der Waals surface area contributed by atoms with Crippen molar-refractivity contribution in [3.8, 4) is 0 Å². The predicted octanol–water partition coefficient (Wildman–Crippen LogP) is 5.92. The van der Waals surface area contributed by atoms with Gasteiger partial charge in [-0.25, -0.2) is 0 Å². The van der Waals surface area contributed by atoms with Crippen molar-refractivity contribution < 1.29 is 19.8 Å². The molecule has 0 aliphatic carbocycles. The molecule has 0 saturated carbocycles. The van der Waals surface area contributed by atoms with Crippen LogP contribution in [0.25, 0.3) is 0 Å². The summed E-state index contributed by atoms with van der Waals surface area (Å²) in [6, 6.07) is 13.9. The molecule has 0 atom stereocenters. The normalized spacial score (nSPS) is 10.4. The summed E-state index contributed by atoms with van der Waals surface area (Å²) in [5.74, 6) is -0.179. The molecule has 192 valence electrons. The van der Waals surface area contributed by atoms with E-state index in [4.69, 9.17) is 50.7 Å². The van der Waals surface area contributed by atoms with E-state index >= 15 is 0 Å². The molecule has 2 rings (SSSR count). The highest BCUT2D eigenvalue weighted by atomic mass is 79.9. The van der Waals surface area contributed by atoms with Crippen LogP contribution in [0.5, 0.6) is 0 Å². The summed E-state index contributed by atoms with van der Waals surface area (Å²) < 4.78 is 1.87. The number of benzene rings is 2. The number of hydrogen-bond acceptors (Lipinski definition) is 5. The number of aliphatic hydroxyl groups is 2. The van der Waals surface area contributed by atoms with E-state index in [0.29, 0.717) is 11.1 Å². The maximum atomic E-state index is 11.7. The SMILES string of the molecule is CC(C)(CO)NC(=O)c1ccc(Br)cc1.CC(C)(N)CO.ClCCl.O=C(Cl)c1ccc(Br)cc1. The molecule has 34 heavy (non-hydrogen) atoms. The van der Waals surface area contributed by atoms with E-state index in [0.717, 1.165) is 8.95 Å². The molecule has 2 aromatic rings. The summed E-state index contributed by atoms with van der Waals surface area (Å²) >= 11 is 21.3. The Kier molecular flexibility index (Phi) is 19.3. The Labute approximate surface area is 233 Å². The van der Waals surface area contributed by atoms with E-state index in [2.05, 4.69) is 37.2 Å². The van der Waals surface area contributed by atoms with Gasteiger partial charge in [0, 0.05) is 25.6 Å². The monoisotopic (exact) mass is 662 g/mol. The van der Waals surface area contributed by atoms with Crippen molar-refractivity contribution in [2.24, 2.45) is 5.73 Å². The smallest absolute Gasteiger partial charge is 0.252 e. The molecule has 0 aliphatic heterocycles. The molecule has 0 radical (unpaired) electrons. The second-order valence-electron chi connectivity index (χ2n) is 8.03. The molecule has 0 heterocycles. The van der Waals surface area contributed by atoms with E-state index in [1.54, 1.807) is 76.2 Å². The van der Waals surface area contributed by atoms with Crippen LogP contribution in [0.2, 0.25) is 0 Å². The van der Waals surface area contributed by atoms with Crippen LogP contribution in [0.3, 0.4) is 0 Å². The van der Waals surface area contributed by atoms with Gasteiger partial charge in [-0.1, -0.05) is 31.9 Å². The minimum atomic E-state index is -0.593. The van der Waals surface area contributed by atoms with Crippen LogP contribution in [0.1, 0.15) is 48.4 Å². The zero-order valence-electron chi connectivity index (χ0n) is 19.4. The molecule has 2 aromatic carbocycles. The fourth-order valence-electron chi connectivity index (χ4n) is 1.60. The van der Waals surface area contributed by atoms with Crippen LogP contribution in [-0.2, 0) is 0 Å². The number of hydrogen-bond donors (Lipinski definition) is 4. The van der Waals surface area contributed by atoms with Crippen molar-refractivity contribution in [2.75, 3.05) is 18.6 Å². The summed E-state index contributed by atoms with van der Waals surface area (Å²) in [4.78, 5) is 22.2. The minimum absolute atomic E-state index is 0.0486. The Morgan fingerprint density at radius 2 is 1.18 bits per heavy atom. The zero-order chi connectivity index (χ0) is 26.9. The van der Waals surface area contributed by atoms with Gasteiger partial charge in [-0.2, -0.15) is 0 Å². The Morgan fingerprint density at radius 1 is 0.853 bits per heavy atom. The lowest BCUT2D eigenvalue weighted by Gasteiger charge is -2.23. The highest BCUT2D eigenvalue weighted by molar-refractivity contribution is 9.10. The summed E-state index contributed by atoms with van der Waals surface area (Å²) in [6.07, 6.45) is 0. The first-order valence-corrected chi connectivity index (χ1v) is 12.8. The number of carbonyl (C=O) groups is 2. The van der Waals surface area contributed by atoms with Crippen LogP contribution in [0.15, 0.2) is 57.5 Å².